The van der Waals surface area contributed by atoms with Crippen LogP contribution in [-0.4, -0.2) is 117 Å². The van der Waals surface area contributed by atoms with Gasteiger partial charge in [-0.05, 0) is 93.1 Å². The van der Waals surface area contributed by atoms with Crippen LogP contribution in [0.4, 0.5) is 11.6 Å². The van der Waals surface area contributed by atoms with E-state index in [1.54, 1.807) is 24.8 Å². The first-order valence-electron chi connectivity index (χ1n) is 20.0. The van der Waals surface area contributed by atoms with Gasteiger partial charge in [0.05, 0.1) is 32.7 Å². The molecular formula is C42H45N11O4S. The molecule has 6 aromatic rings. The lowest BCUT2D eigenvalue weighted by Crippen LogP contribution is -2.58. The number of aryl methyl sites for hydroxylation is 1. The first kappa shape index (κ1) is 36.5. The Kier molecular flexibility index (Phi) is 8.74. The highest BCUT2D eigenvalue weighted by atomic mass is 32.2. The van der Waals surface area contributed by atoms with Gasteiger partial charge in [0.15, 0.2) is 0 Å². The van der Waals surface area contributed by atoms with Crippen LogP contribution in [0, 0.1) is 0 Å². The maximum Gasteiger partial charge on any atom is 0.254 e. The number of piperazine rings is 2. The van der Waals surface area contributed by atoms with Crippen molar-refractivity contribution < 1.29 is 18.0 Å². The monoisotopic (exact) mass is 799 g/mol. The maximum atomic E-state index is 13.5. The minimum absolute atomic E-state index is 0.0134. The number of H-pyrrole nitrogens is 2. The van der Waals surface area contributed by atoms with Crippen LogP contribution in [0.2, 0.25) is 0 Å². The fraction of sp³-hybridized carbons (Fsp3) is 0.381. The Labute approximate surface area is 335 Å². The summed E-state index contributed by atoms with van der Waals surface area (Å²) in [6.07, 6.45) is 13.0. The summed E-state index contributed by atoms with van der Waals surface area (Å²) in [5.41, 5.74) is 4.56. The molecule has 3 N–H and O–H groups in total. The SMILES string of the molecule is CNS(=O)(=O)c1ccc(C(=O)N2CCN(c3ncnc4[nH]ccc34)CC23CC3)cc1.O=C(C1CCc2ccccc21)N1CCN(c2ncnc3[nH]ccc23)CC12CC2. The van der Waals surface area contributed by atoms with E-state index in [9.17, 15) is 18.0 Å². The predicted octanol–water partition coefficient (Wildman–Crippen LogP) is 4.23. The first-order chi connectivity index (χ1) is 28.2. The molecule has 2 saturated heterocycles. The lowest BCUT2D eigenvalue weighted by molar-refractivity contribution is -0.136. The number of nitrogens with one attached hydrogen (secondary N) is 3. The van der Waals surface area contributed by atoms with Crippen LogP contribution >= 0.6 is 0 Å². The summed E-state index contributed by atoms with van der Waals surface area (Å²) >= 11 is 0. The second-order valence-corrected chi connectivity index (χ2v) is 18.0. The van der Waals surface area contributed by atoms with Crippen molar-refractivity contribution in [1.29, 1.82) is 0 Å². The molecule has 5 aliphatic rings. The third kappa shape index (κ3) is 6.25. The van der Waals surface area contributed by atoms with Crippen molar-refractivity contribution in [2.45, 2.75) is 60.4 Å². The van der Waals surface area contributed by atoms with Crippen molar-refractivity contribution in [3.05, 3.63) is 102 Å². The molecule has 3 aliphatic carbocycles. The lowest BCUT2D eigenvalue weighted by atomic mass is 9.97. The second kappa shape index (κ2) is 13.9. The summed E-state index contributed by atoms with van der Waals surface area (Å²) in [6.45, 7) is 4.45. The number of fused-ring (bicyclic) bond motifs is 3. The molecule has 58 heavy (non-hydrogen) atoms. The van der Waals surface area contributed by atoms with E-state index in [-0.39, 0.29) is 27.8 Å². The highest BCUT2D eigenvalue weighted by Gasteiger charge is 2.55. The van der Waals surface area contributed by atoms with Crippen molar-refractivity contribution in [3.63, 3.8) is 0 Å². The number of carbonyl (C=O) groups is 2. The second-order valence-electron chi connectivity index (χ2n) is 16.1. The third-order valence-electron chi connectivity index (χ3n) is 12.8. The van der Waals surface area contributed by atoms with E-state index >= 15 is 0 Å². The van der Waals surface area contributed by atoms with E-state index < -0.39 is 10.0 Å². The number of rotatable bonds is 6. The Morgan fingerprint density at radius 1 is 0.724 bits per heavy atom. The van der Waals surface area contributed by atoms with Crippen LogP contribution in [0.15, 0.2) is 90.6 Å². The Morgan fingerprint density at radius 3 is 1.88 bits per heavy atom. The number of aromatic nitrogens is 6. The minimum atomic E-state index is -3.52. The number of hydrogen-bond acceptors (Lipinski definition) is 10. The van der Waals surface area contributed by atoms with Gasteiger partial charge in [0, 0.05) is 57.2 Å². The average molecular weight is 800 g/mol. The molecule has 2 spiro atoms. The summed E-state index contributed by atoms with van der Waals surface area (Å²) in [4.78, 5) is 59.5. The molecule has 6 heterocycles. The number of nitrogens with zero attached hydrogens (tertiary/aromatic N) is 8. The average Bonchev–Trinajstić information content (AvgIpc) is 3.93. The van der Waals surface area contributed by atoms with Crippen molar-refractivity contribution in [2.24, 2.45) is 0 Å². The molecule has 1 unspecified atom stereocenters. The van der Waals surface area contributed by atoms with Crippen LogP contribution in [0.1, 0.15) is 59.5 Å². The van der Waals surface area contributed by atoms with E-state index in [1.165, 1.54) is 30.3 Å². The normalized spacial score (nSPS) is 20.3. The van der Waals surface area contributed by atoms with Gasteiger partial charge in [0.25, 0.3) is 5.91 Å². The lowest BCUT2D eigenvalue weighted by Gasteiger charge is -2.43. The van der Waals surface area contributed by atoms with Crippen LogP contribution < -0.4 is 14.5 Å². The number of benzene rings is 2. The summed E-state index contributed by atoms with van der Waals surface area (Å²) < 4.78 is 26.1. The third-order valence-corrected chi connectivity index (χ3v) is 14.3. The number of amides is 2. The van der Waals surface area contributed by atoms with Gasteiger partial charge in [0.1, 0.15) is 35.6 Å². The Hall–Kier alpha value is -5.87. The predicted molar refractivity (Wildman–Crippen MR) is 219 cm³/mol. The zero-order valence-corrected chi connectivity index (χ0v) is 33.1. The topological polar surface area (TPSA) is 176 Å². The fourth-order valence-electron chi connectivity index (χ4n) is 9.40. The number of anilines is 2. The molecule has 1 atom stereocenters. The summed E-state index contributed by atoms with van der Waals surface area (Å²) in [7, 11) is -2.16. The summed E-state index contributed by atoms with van der Waals surface area (Å²) in [5, 5.41) is 2.04. The first-order valence-corrected chi connectivity index (χ1v) is 21.5. The maximum absolute atomic E-state index is 13.5. The molecule has 2 aliphatic heterocycles. The summed E-state index contributed by atoms with van der Waals surface area (Å²) in [5.74, 6) is 2.18. The van der Waals surface area contributed by atoms with Gasteiger partial charge in [-0.1, -0.05) is 24.3 Å². The molecule has 2 aromatic carbocycles. The highest BCUT2D eigenvalue weighted by molar-refractivity contribution is 7.89. The van der Waals surface area contributed by atoms with Gasteiger partial charge in [-0.2, -0.15) is 0 Å². The van der Waals surface area contributed by atoms with Crippen LogP contribution in [0.3, 0.4) is 0 Å². The largest absolute Gasteiger partial charge is 0.352 e. The zero-order chi connectivity index (χ0) is 39.6. The number of carbonyl (C=O) groups excluding carboxylic acids is 2. The molecule has 298 valence electrons. The van der Waals surface area contributed by atoms with Crippen molar-refractivity contribution in [3.8, 4) is 0 Å². The van der Waals surface area contributed by atoms with Crippen LogP contribution in [0.25, 0.3) is 22.1 Å². The zero-order valence-electron chi connectivity index (χ0n) is 32.3. The van der Waals surface area contributed by atoms with Gasteiger partial charge in [-0.15, -0.1) is 0 Å². The van der Waals surface area contributed by atoms with Gasteiger partial charge < -0.3 is 29.6 Å². The Balaban J connectivity index is 0.000000141. The van der Waals surface area contributed by atoms with E-state index in [1.807, 2.05) is 29.4 Å². The van der Waals surface area contributed by atoms with Crippen molar-refractivity contribution >= 4 is 55.5 Å². The molecule has 2 amide bonds. The number of sulfonamides is 1. The molecule has 11 rings (SSSR count). The molecular weight excluding hydrogens is 755 g/mol. The molecule has 4 aromatic heterocycles. The smallest absolute Gasteiger partial charge is 0.254 e. The van der Waals surface area contributed by atoms with E-state index in [4.69, 9.17) is 0 Å². The molecule has 15 nitrogen and oxygen atoms in total. The molecule has 4 fully saturated rings. The van der Waals surface area contributed by atoms with Gasteiger partial charge >= 0.3 is 0 Å². The van der Waals surface area contributed by atoms with Crippen molar-refractivity contribution in [2.75, 3.05) is 56.1 Å². The molecule has 0 radical (unpaired) electrons. The Morgan fingerprint density at radius 2 is 1.29 bits per heavy atom. The van der Waals surface area contributed by atoms with E-state index in [2.05, 4.69) is 73.6 Å². The molecule has 16 heteroatoms. The molecule has 0 bridgehead atoms. The standard InChI is InChI=1S/C22H23N5O.C20H22N6O3S/c28-21(17-6-5-15-3-1-2-4-16(15)17)27-12-11-26(13-22(27)8-9-22)20-18-7-10-23-19(18)24-14-25-20;1-21-30(28,29)15-4-2-14(3-5-15)19(27)26-11-10-25(12-20(26)7-8-20)18-16-6-9-22-17(16)23-13-24-18/h1-4,7,10,14,17H,5-6,8-9,11-13H2,(H,23,24,25);2-6,9,13,21H,7-8,10-12H2,1H3,(H,22,23,24). The van der Waals surface area contributed by atoms with Crippen LogP contribution in [-0.2, 0) is 21.2 Å². The number of hydrogen-bond donors (Lipinski definition) is 3. The van der Waals surface area contributed by atoms with E-state index in [0.29, 0.717) is 24.6 Å². The van der Waals surface area contributed by atoms with Gasteiger partial charge in [0.2, 0.25) is 15.9 Å². The van der Waals surface area contributed by atoms with Gasteiger partial charge in [-0.3, -0.25) is 9.59 Å². The van der Waals surface area contributed by atoms with Crippen LogP contribution in [0.5, 0.6) is 0 Å². The quantitative estimate of drug-likeness (QED) is 0.221. The van der Waals surface area contributed by atoms with Crippen molar-refractivity contribution in [1.82, 2.24) is 44.4 Å². The summed E-state index contributed by atoms with van der Waals surface area (Å²) in [6, 6.07) is 18.6. The number of aromatic amines is 2. The Bertz CT molecular complexity index is 2650. The fourth-order valence-corrected chi connectivity index (χ4v) is 10.1. The van der Waals surface area contributed by atoms with E-state index in [0.717, 1.165) is 98.4 Å². The minimum Gasteiger partial charge on any atom is -0.352 e. The highest BCUT2D eigenvalue weighted by Crippen LogP contribution is 2.48. The van der Waals surface area contributed by atoms with Gasteiger partial charge in [-0.25, -0.2) is 33.1 Å². The molecule has 2 saturated carbocycles.